The minimum absolute atomic E-state index is 0.00931. The minimum Gasteiger partial charge on any atom is -0.508 e. The van der Waals surface area contributed by atoms with Gasteiger partial charge in [0.2, 0.25) is 23.6 Å². The van der Waals surface area contributed by atoms with Crippen LogP contribution < -0.4 is 33.2 Å². The number of aromatic hydroxyl groups is 1. The summed E-state index contributed by atoms with van der Waals surface area (Å²) in [5, 5.41) is 18.1. The van der Waals surface area contributed by atoms with Crippen molar-refractivity contribution in [3.8, 4) is 5.75 Å². The fourth-order valence-corrected chi connectivity index (χ4v) is 4.71. The van der Waals surface area contributed by atoms with Gasteiger partial charge in [-0.2, -0.15) is 0 Å². The summed E-state index contributed by atoms with van der Waals surface area (Å²) in [6.45, 7) is 8.59. The average Bonchev–Trinajstić information content (AvgIpc) is 3.01. The molecule has 13 nitrogen and oxygen atoms in total. The van der Waals surface area contributed by atoms with Crippen molar-refractivity contribution < 1.29 is 24.3 Å². The van der Waals surface area contributed by atoms with Crippen LogP contribution in [0.1, 0.15) is 30.4 Å². The summed E-state index contributed by atoms with van der Waals surface area (Å²) < 4.78 is 0. The highest BCUT2D eigenvalue weighted by Crippen LogP contribution is 2.15. The van der Waals surface area contributed by atoms with E-state index in [2.05, 4.69) is 34.1 Å². The zero-order chi connectivity index (χ0) is 33.9. The van der Waals surface area contributed by atoms with Gasteiger partial charge in [-0.25, -0.2) is 0 Å². The Bertz CT molecular complexity index is 1320. The number of nitrogens with two attached hydrogens (primary N) is 3. The molecular weight excluding hydrogens is 588 g/mol. The lowest BCUT2D eigenvalue weighted by molar-refractivity contribution is -0.133. The van der Waals surface area contributed by atoms with Gasteiger partial charge < -0.3 is 38.3 Å². The maximum Gasteiger partial charge on any atom is 0.243 e. The largest absolute Gasteiger partial charge is 0.508 e. The topological polar surface area (TPSA) is 218 Å². The Hall–Kier alpha value is -5.17. The van der Waals surface area contributed by atoms with Gasteiger partial charge in [0, 0.05) is 39.0 Å². The number of phenolic OH excluding ortho intramolecular Hbond substituents is 1. The minimum atomic E-state index is -1.05. The summed E-state index contributed by atoms with van der Waals surface area (Å²) in [7, 11) is 0. The molecule has 2 rings (SSSR count). The number of phenols is 1. The number of hydrogen-bond donors (Lipinski definition) is 7. The SMILES string of the molecule is C=CCN(CC=C)[C@@H](Cc1ccc(O)cc1)C(=O)N[C@H](CCCN=C(N)N)C(=O)N[C@@H](Cc1ccccc1)C(=O)NCCC(N)=O. The molecule has 2 aromatic carbocycles. The van der Waals surface area contributed by atoms with Gasteiger partial charge in [0.05, 0.1) is 6.04 Å². The predicted octanol–water partition coefficient (Wildman–Crippen LogP) is 0.235. The van der Waals surface area contributed by atoms with E-state index in [4.69, 9.17) is 17.2 Å². The van der Waals surface area contributed by atoms with Crippen LogP contribution in [-0.2, 0) is 32.0 Å². The Labute approximate surface area is 270 Å². The molecule has 0 aliphatic heterocycles. The van der Waals surface area contributed by atoms with Crippen LogP contribution in [0, 0.1) is 0 Å². The van der Waals surface area contributed by atoms with E-state index in [0.29, 0.717) is 19.5 Å². The number of guanidine groups is 1. The zero-order valence-electron chi connectivity index (χ0n) is 26.1. The standard InChI is InChI=1S/C33H46N8O5/c1-3-19-41(20-4-2)28(22-24-12-14-25(42)15-13-24)32(46)39-26(11-8-17-38-33(35)36)31(45)40-27(21-23-9-6-5-7-10-23)30(44)37-18-16-29(34)43/h3-7,9-10,12-15,26-28,42H,1-2,8,11,16-22H2,(H2,34,43)(H,37,44)(H,39,46)(H,40,45)(H4,35,36,38)/t26-,27+,28+/m1/s1. The highest BCUT2D eigenvalue weighted by Gasteiger charge is 2.31. The smallest absolute Gasteiger partial charge is 0.243 e. The Morgan fingerprint density at radius 3 is 2.02 bits per heavy atom. The van der Waals surface area contributed by atoms with E-state index in [1.54, 1.807) is 24.3 Å². The van der Waals surface area contributed by atoms with E-state index < -0.39 is 41.8 Å². The Morgan fingerprint density at radius 1 is 0.826 bits per heavy atom. The van der Waals surface area contributed by atoms with Gasteiger partial charge in [-0.05, 0) is 42.5 Å². The first kappa shape index (κ1) is 37.0. The van der Waals surface area contributed by atoms with Crippen molar-refractivity contribution in [1.82, 2.24) is 20.9 Å². The van der Waals surface area contributed by atoms with Crippen molar-refractivity contribution in [2.75, 3.05) is 26.2 Å². The third-order valence-corrected chi connectivity index (χ3v) is 7.00. The molecule has 0 spiro atoms. The number of aliphatic imine (C=N–C) groups is 1. The van der Waals surface area contributed by atoms with Gasteiger partial charge in [0.1, 0.15) is 17.8 Å². The second-order valence-electron chi connectivity index (χ2n) is 10.7. The number of carbonyl (C=O) groups excluding carboxylic acids is 4. The van der Waals surface area contributed by atoms with Crippen LogP contribution in [0.2, 0.25) is 0 Å². The Kier molecular flexibility index (Phi) is 16.1. The third kappa shape index (κ3) is 13.6. The van der Waals surface area contributed by atoms with Crippen LogP contribution in [0.15, 0.2) is 84.9 Å². The number of nitrogens with zero attached hydrogens (tertiary/aromatic N) is 2. The molecule has 248 valence electrons. The number of nitrogens with one attached hydrogen (secondary N) is 3. The molecule has 0 unspecified atom stereocenters. The van der Waals surface area contributed by atoms with E-state index in [9.17, 15) is 24.3 Å². The predicted molar refractivity (Wildman–Crippen MR) is 178 cm³/mol. The van der Waals surface area contributed by atoms with Gasteiger partial charge in [-0.15, -0.1) is 13.2 Å². The van der Waals surface area contributed by atoms with E-state index in [0.717, 1.165) is 11.1 Å². The first-order chi connectivity index (χ1) is 22.0. The molecule has 0 heterocycles. The van der Waals surface area contributed by atoms with Gasteiger partial charge in [-0.1, -0.05) is 54.6 Å². The van der Waals surface area contributed by atoms with Crippen molar-refractivity contribution in [3.05, 3.63) is 91.0 Å². The van der Waals surface area contributed by atoms with Crippen molar-refractivity contribution >= 4 is 29.6 Å². The highest BCUT2D eigenvalue weighted by atomic mass is 16.3. The van der Waals surface area contributed by atoms with Crippen LogP contribution in [0.4, 0.5) is 0 Å². The third-order valence-electron chi connectivity index (χ3n) is 7.00. The molecule has 0 saturated heterocycles. The number of benzene rings is 2. The van der Waals surface area contributed by atoms with Crippen molar-refractivity contribution in [3.63, 3.8) is 0 Å². The molecule has 0 aliphatic rings. The molecule has 46 heavy (non-hydrogen) atoms. The molecule has 0 saturated carbocycles. The van der Waals surface area contributed by atoms with E-state index in [1.807, 2.05) is 35.2 Å². The molecule has 0 aromatic heterocycles. The van der Waals surface area contributed by atoms with Crippen LogP contribution in [0.25, 0.3) is 0 Å². The molecule has 13 heteroatoms. The molecule has 0 radical (unpaired) electrons. The maximum absolute atomic E-state index is 13.9. The first-order valence-corrected chi connectivity index (χ1v) is 15.0. The van der Waals surface area contributed by atoms with Crippen molar-refractivity contribution in [2.45, 2.75) is 50.2 Å². The lowest BCUT2D eigenvalue weighted by Crippen LogP contribution is -2.57. The molecule has 3 atom stereocenters. The fourth-order valence-electron chi connectivity index (χ4n) is 4.71. The van der Waals surface area contributed by atoms with E-state index in [-0.39, 0.29) is 50.5 Å². The van der Waals surface area contributed by atoms with E-state index in [1.165, 1.54) is 12.1 Å². The summed E-state index contributed by atoms with van der Waals surface area (Å²) >= 11 is 0. The van der Waals surface area contributed by atoms with Crippen LogP contribution in [-0.4, -0.2) is 83.9 Å². The lowest BCUT2D eigenvalue weighted by Gasteiger charge is -2.31. The van der Waals surface area contributed by atoms with Crippen molar-refractivity contribution in [1.29, 1.82) is 0 Å². The van der Waals surface area contributed by atoms with E-state index >= 15 is 0 Å². The second kappa shape index (κ2) is 20.0. The monoisotopic (exact) mass is 634 g/mol. The molecule has 0 bridgehead atoms. The molecule has 4 amide bonds. The normalized spacial score (nSPS) is 12.6. The summed E-state index contributed by atoms with van der Waals surface area (Å²) in [6.07, 6.45) is 4.25. The second-order valence-corrected chi connectivity index (χ2v) is 10.7. The Morgan fingerprint density at radius 2 is 1.43 bits per heavy atom. The summed E-state index contributed by atoms with van der Waals surface area (Å²) in [5.41, 5.74) is 17.7. The fraction of sp³-hybridized carbons (Fsp3) is 0.364. The molecule has 10 N–H and O–H groups in total. The number of rotatable bonds is 21. The molecule has 0 aliphatic carbocycles. The summed E-state index contributed by atoms with van der Waals surface area (Å²) in [5.74, 6) is -2.08. The average molecular weight is 635 g/mol. The Balaban J connectivity index is 2.36. The number of carbonyl (C=O) groups is 4. The first-order valence-electron chi connectivity index (χ1n) is 15.0. The van der Waals surface area contributed by atoms with Crippen molar-refractivity contribution in [2.24, 2.45) is 22.2 Å². The molecular formula is C33H46N8O5. The van der Waals surface area contributed by atoms with Gasteiger partial charge in [-0.3, -0.25) is 29.1 Å². The van der Waals surface area contributed by atoms with Crippen LogP contribution >= 0.6 is 0 Å². The lowest BCUT2D eigenvalue weighted by atomic mass is 10.0. The van der Waals surface area contributed by atoms with Gasteiger partial charge in [0.25, 0.3) is 0 Å². The van der Waals surface area contributed by atoms with Gasteiger partial charge in [0.15, 0.2) is 5.96 Å². The number of primary amides is 1. The quantitative estimate of drug-likeness (QED) is 0.0435. The summed E-state index contributed by atoms with van der Waals surface area (Å²) in [6, 6.07) is 12.9. The summed E-state index contributed by atoms with van der Waals surface area (Å²) in [4.78, 5) is 57.9. The molecule has 0 fully saturated rings. The number of amides is 4. The van der Waals surface area contributed by atoms with Gasteiger partial charge >= 0.3 is 0 Å². The number of hydrogen-bond acceptors (Lipinski definition) is 7. The van der Waals surface area contributed by atoms with Crippen LogP contribution in [0.5, 0.6) is 5.75 Å². The maximum atomic E-state index is 13.9. The molecule has 2 aromatic rings. The highest BCUT2D eigenvalue weighted by molar-refractivity contribution is 5.93. The van der Waals surface area contributed by atoms with Crippen LogP contribution in [0.3, 0.4) is 0 Å². The zero-order valence-corrected chi connectivity index (χ0v) is 26.1.